The summed E-state index contributed by atoms with van der Waals surface area (Å²) in [6.07, 6.45) is 4.53. The molecule has 0 saturated carbocycles. The predicted molar refractivity (Wildman–Crippen MR) is 106 cm³/mol. The highest BCUT2D eigenvalue weighted by Crippen LogP contribution is 2.31. The van der Waals surface area contributed by atoms with Gasteiger partial charge in [-0.1, -0.05) is 34.1 Å². The fraction of sp³-hybridized carbons (Fsp3) is 0.100. The third kappa shape index (κ3) is 4.45. The number of benzene rings is 2. The van der Waals surface area contributed by atoms with Crippen LogP contribution < -0.4 is 15.0 Å². The fourth-order valence-electron chi connectivity index (χ4n) is 2.58. The molecule has 6 nitrogen and oxygen atoms in total. The molecule has 0 atom stereocenters. The number of pyridine rings is 1. The summed E-state index contributed by atoms with van der Waals surface area (Å²) < 4.78 is 12.3. The van der Waals surface area contributed by atoms with E-state index in [1.165, 1.54) is 6.08 Å². The average Bonchev–Trinajstić information content (AvgIpc) is 2.72. The molecule has 0 aliphatic carbocycles. The van der Waals surface area contributed by atoms with Gasteiger partial charge in [-0.25, -0.2) is 5.48 Å². The van der Waals surface area contributed by atoms with Gasteiger partial charge in [0.1, 0.15) is 6.61 Å². The lowest BCUT2D eigenvalue weighted by molar-refractivity contribution is -0.124. The van der Waals surface area contributed by atoms with Gasteiger partial charge >= 0.3 is 0 Å². The van der Waals surface area contributed by atoms with Crippen molar-refractivity contribution in [2.24, 2.45) is 0 Å². The number of hydrogen-bond donors (Lipinski definition) is 2. The van der Waals surface area contributed by atoms with Crippen molar-refractivity contribution in [3.8, 4) is 11.5 Å². The zero-order valence-electron chi connectivity index (χ0n) is 14.5. The van der Waals surface area contributed by atoms with Crippen LogP contribution in [0.1, 0.15) is 11.1 Å². The van der Waals surface area contributed by atoms with E-state index < -0.39 is 5.91 Å². The maximum absolute atomic E-state index is 11.1. The van der Waals surface area contributed by atoms with Crippen molar-refractivity contribution >= 4 is 38.8 Å². The van der Waals surface area contributed by atoms with Crippen LogP contribution >= 0.6 is 15.9 Å². The van der Waals surface area contributed by atoms with Crippen LogP contribution in [0.15, 0.2) is 59.2 Å². The number of ether oxygens (including phenoxy) is 2. The molecule has 2 N–H and O–H groups in total. The Hall–Kier alpha value is -2.90. The first kappa shape index (κ1) is 18.9. The quantitative estimate of drug-likeness (QED) is 0.350. The second kappa shape index (κ2) is 8.66. The van der Waals surface area contributed by atoms with Gasteiger partial charge in [-0.2, -0.15) is 0 Å². The number of rotatable bonds is 6. The minimum absolute atomic E-state index is 0.333. The Morgan fingerprint density at radius 3 is 2.89 bits per heavy atom. The van der Waals surface area contributed by atoms with Crippen LogP contribution in [0.4, 0.5) is 0 Å². The van der Waals surface area contributed by atoms with Crippen molar-refractivity contribution in [2.45, 2.75) is 6.61 Å². The third-order valence-electron chi connectivity index (χ3n) is 3.91. The van der Waals surface area contributed by atoms with E-state index in [9.17, 15) is 4.79 Å². The molecule has 0 unspecified atom stereocenters. The number of carbonyl (C=O) groups is 1. The van der Waals surface area contributed by atoms with E-state index >= 15 is 0 Å². The first-order valence-corrected chi connectivity index (χ1v) is 8.86. The summed E-state index contributed by atoms with van der Waals surface area (Å²) in [6, 6.07) is 13.1. The maximum Gasteiger partial charge on any atom is 0.267 e. The topological polar surface area (TPSA) is 80.7 Å². The molecule has 2 aromatic carbocycles. The van der Waals surface area contributed by atoms with E-state index in [0.717, 1.165) is 26.5 Å². The monoisotopic (exact) mass is 428 g/mol. The zero-order valence-corrected chi connectivity index (χ0v) is 16.1. The van der Waals surface area contributed by atoms with Gasteiger partial charge in [0.15, 0.2) is 11.5 Å². The van der Waals surface area contributed by atoms with E-state index in [-0.39, 0.29) is 0 Å². The smallest absolute Gasteiger partial charge is 0.267 e. The fourth-order valence-corrected chi connectivity index (χ4v) is 3.04. The lowest BCUT2D eigenvalue weighted by Crippen LogP contribution is -2.14. The molecule has 3 rings (SSSR count). The predicted octanol–water partition coefficient (Wildman–Crippen LogP) is 4.10. The first-order valence-electron chi connectivity index (χ1n) is 8.07. The van der Waals surface area contributed by atoms with Gasteiger partial charge in [0.05, 0.1) is 12.6 Å². The van der Waals surface area contributed by atoms with Gasteiger partial charge in [0.2, 0.25) is 0 Å². The Morgan fingerprint density at radius 2 is 2.11 bits per heavy atom. The van der Waals surface area contributed by atoms with Gasteiger partial charge in [0, 0.05) is 27.7 Å². The van der Waals surface area contributed by atoms with E-state index in [1.54, 1.807) is 43.1 Å². The molecule has 0 spiro atoms. The van der Waals surface area contributed by atoms with Crippen molar-refractivity contribution in [3.05, 3.63) is 70.3 Å². The molecule has 3 aromatic rings. The number of nitrogens with zero attached hydrogens (tertiary/aromatic N) is 1. The number of amides is 1. The van der Waals surface area contributed by atoms with E-state index in [0.29, 0.717) is 18.1 Å². The van der Waals surface area contributed by atoms with Gasteiger partial charge < -0.3 is 9.47 Å². The summed E-state index contributed by atoms with van der Waals surface area (Å²) in [6.45, 7) is 0.333. The molecule has 0 aliphatic heterocycles. The molecule has 0 radical (unpaired) electrons. The molecule has 1 amide bonds. The normalized spacial score (nSPS) is 10.9. The van der Waals surface area contributed by atoms with Crippen molar-refractivity contribution in [2.75, 3.05) is 7.11 Å². The summed E-state index contributed by atoms with van der Waals surface area (Å²) in [5, 5.41) is 9.55. The Kier molecular flexibility index (Phi) is 6.05. The minimum atomic E-state index is -0.607. The molecule has 27 heavy (non-hydrogen) atoms. The molecule has 0 fully saturated rings. The highest BCUT2D eigenvalue weighted by atomic mass is 79.9. The number of nitrogens with one attached hydrogen (secondary N) is 1. The third-order valence-corrected chi connectivity index (χ3v) is 4.60. The second-order valence-corrected chi connectivity index (χ2v) is 6.47. The molecule has 1 aromatic heterocycles. The highest BCUT2D eigenvalue weighted by Gasteiger charge is 2.09. The number of aromatic nitrogens is 1. The summed E-state index contributed by atoms with van der Waals surface area (Å²) >= 11 is 3.54. The number of hydroxylamine groups is 1. The van der Waals surface area contributed by atoms with Crippen LogP contribution in [0.2, 0.25) is 0 Å². The number of fused-ring (bicyclic) bond motifs is 1. The van der Waals surface area contributed by atoms with Crippen LogP contribution in [-0.4, -0.2) is 23.2 Å². The molecule has 0 aliphatic rings. The molecule has 7 heteroatoms. The molecular weight excluding hydrogens is 412 g/mol. The Bertz CT molecular complexity index is 1000. The average molecular weight is 429 g/mol. The molecular formula is C20H17BrN2O4. The first-order chi connectivity index (χ1) is 13.1. The summed E-state index contributed by atoms with van der Waals surface area (Å²) in [5.74, 6) is 0.508. The van der Waals surface area contributed by atoms with Crippen LogP contribution in [0, 0.1) is 0 Å². The minimum Gasteiger partial charge on any atom is -0.493 e. The molecule has 138 valence electrons. The van der Waals surface area contributed by atoms with E-state index in [4.69, 9.17) is 14.7 Å². The Morgan fingerprint density at radius 1 is 1.26 bits per heavy atom. The van der Waals surface area contributed by atoms with Crippen LogP contribution in [0.3, 0.4) is 0 Å². The summed E-state index contributed by atoms with van der Waals surface area (Å²) in [4.78, 5) is 15.5. The van der Waals surface area contributed by atoms with Crippen LogP contribution in [0.25, 0.3) is 17.0 Å². The van der Waals surface area contributed by atoms with E-state index in [1.807, 2.05) is 24.3 Å². The number of halogens is 1. The van der Waals surface area contributed by atoms with Crippen molar-refractivity contribution in [3.63, 3.8) is 0 Å². The van der Waals surface area contributed by atoms with Crippen molar-refractivity contribution in [1.82, 2.24) is 10.5 Å². The highest BCUT2D eigenvalue weighted by molar-refractivity contribution is 9.10. The molecule has 0 bridgehead atoms. The van der Waals surface area contributed by atoms with Crippen molar-refractivity contribution < 1.29 is 19.5 Å². The SMILES string of the molecule is COc1cc(/C=C/C(=O)NO)ccc1OCc1ccc(Br)c2cccnc12. The van der Waals surface area contributed by atoms with E-state index in [2.05, 4.69) is 20.9 Å². The zero-order chi connectivity index (χ0) is 19.2. The molecule has 1 heterocycles. The number of carbonyl (C=O) groups excluding carboxylic acids is 1. The summed E-state index contributed by atoms with van der Waals surface area (Å²) in [7, 11) is 1.55. The molecule has 0 saturated heterocycles. The number of methoxy groups -OCH3 is 1. The summed E-state index contributed by atoms with van der Waals surface area (Å²) in [5.41, 5.74) is 4.11. The standard InChI is InChI=1S/C20H17BrN2O4/c1-26-18-11-13(5-9-19(24)23-25)4-8-17(18)27-12-14-6-7-16(21)15-3-2-10-22-20(14)15/h2-11,25H,12H2,1H3,(H,23,24)/b9-5+. The number of hydrogen-bond acceptors (Lipinski definition) is 5. The van der Waals surface area contributed by atoms with Crippen LogP contribution in [-0.2, 0) is 11.4 Å². The largest absolute Gasteiger partial charge is 0.493 e. The van der Waals surface area contributed by atoms with Crippen LogP contribution in [0.5, 0.6) is 11.5 Å². The lowest BCUT2D eigenvalue weighted by Gasteiger charge is -2.13. The van der Waals surface area contributed by atoms with Gasteiger partial charge in [-0.3, -0.25) is 15.0 Å². The Balaban J connectivity index is 1.81. The van der Waals surface area contributed by atoms with Gasteiger partial charge in [-0.05, 0) is 35.9 Å². The van der Waals surface area contributed by atoms with Crippen molar-refractivity contribution in [1.29, 1.82) is 0 Å². The Labute approximate surface area is 164 Å². The van der Waals surface area contributed by atoms with Gasteiger partial charge in [0.25, 0.3) is 5.91 Å². The van der Waals surface area contributed by atoms with Gasteiger partial charge in [-0.15, -0.1) is 0 Å². The second-order valence-electron chi connectivity index (χ2n) is 5.61. The maximum atomic E-state index is 11.1. The lowest BCUT2D eigenvalue weighted by atomic mass is 10.1.